The molecule has 0 aromatic rings. The van der Waals surface area contributed by atoms with E-state index in [2.05, 4.69) is 19.2 Å². The summed E-state index contributed by atoms with van der Waals surface area (Å²) in [7, 11) is 0. The van der Waals surface area contributed by atoms with Gasteiger partial charge in [0.2, 0.25) is 0 Å². The van der Waals surface area contributed by atoms with Crippen LogP contribution in [0, 0.1) is 11.8 Å². The number of hydrogen-bond acceptors (Lipinski definition) is 3. The third kappa shape index (κ3) is 2.25. The van der Waals surface area contributed by atoms with Crippen LogP contribution in [0.4, 0.5) is 4.79 Å². The van der Waals surface area contributed by atoms with Crippen molar-refractivity contribution in [3.05, 3.63) is 0 Å². The second-order valence-corrected chi connectivity index (χ2v) is 4.94. The van der Waals surface area contributed by atoms with Crippen LogP contribution in [0.5, 0.6) is 0 Å². The molecule has 0 aliphatic carbocycles. The van der Waals surface area contributed by atoms with Gasteiger partial charge in [0.05, 0.1) is 12.6 Å². The number of nitrogens with zero attached hydrogens (tertiary/aromatic N) is 1. The highest BCUT2D eigenvalue weighted by Crippen LogP contribution is 2.27. The zero-order chi connectivity index (χ0) is 10.8. The van der Waals surface area contributed by atoms with E-state index in [-0.39, 0.29) is 6.09 Å². The van der Waals surface area contributed by atoms with Crippen molar-refractivity contribution in [3.8, 4) is 0 Å². The van der Waals surface area contributed by atoms with Gasteiger partial charge in [0, 0.05) is 19.6 Å². The van der Waals surface area contributed by atoms with Crippen molar-refractivity contribution in [2.24, 2.45) is 11.8 Å². The highest BCUT2D eigenvalue weighted by atomic mass is 16.6. The molecule has 2 aliphatic heterocycles. The predicted molar refractivity (Wildman–Crippen MR) is 57.7 cm³/mol. The summed E-state index contributed by atoms with van der Waals surface area (Å²) in [6.07, 6.45) is 0.994. The molecule has 2 rings (SSSR count). The Balaban J connectivity index is 1.85. The molecular weight excluding hydrogens is 192 g/mol. The van der Waals surface area contributed by atoms with Gasteiger partial charge in [-0.1, -0.05) is 13.8 Å². The number of ether oxygens (including phenoxy) is 1. The summed E-state index contributed by atoms with van der Waals surface area (Å²) in [5, 5.41) is 3.32. The Labute approximate surface area is 91.0 Å². The van der Waals surface area contributed by atoms with Crippen LogP contribution in [0.2, 0.25) is 0 Å². The van der Waals surface area contributed by atoms with Gasteiger partial charge >= 0.3 is 6.09 Å². The topological polar surface area (TPSA) is 41.6 Å². The number of fused-ring (bicyclic) bond motifs is 1. The maximum atomic E-state index is 11.8. The minimum atomic E-state index is -0.125. The van der Waals surface area contributed by atoms with Gasteiger partial charge in [-0.3, -0.25) is 0 Å². The van der Waals surface area contributed by atoms with Crippen molar-refractivity contribution in [1.82, 2.24) is 10.2 Å². The monoisotopic (exact) mass is 212 g/mol. The number of likely N-dealkylation sites (tertiary alicyclic amines) is 1. The van der Waals surface area contributed by atoms with E-state index >= 15 is 0 Å². The number of carbonyl (C=O) groups excluding carboxylic acids is 1. The summed E-state index contributed by atoms with van der Waals surface area (Å²) in [5.74, 6) is 1.06. The Morgan fingerprint density at radius 1 is 1.53 bits per heavy atom. The van der Waals surface area contributed by atoms with Gasteiger partial charge in [-0.2, -0.15) is 0 Å². The Morgan fingerprint density at radius 3 is 3.07 bits per heavy atom. The smallest absolute Gasteiger partial charge is 0.410 e. The summed E-state index contributed by atoms with van der Waals surface area (Å²) in [5.41, 5.74) is 0. The van der Waals surface area contributed by atoms with E-state index in [9.17, 15) is 4.79 Å². The fourth-order valence-corrected chi connectivity index (χ4v) is 2.40. The fraction of sp³-hybridized carbons (Fsp3) is 0.909. The quantitative estimate of drug-likeness (QED) is 0.744. The highest BCUT2D eigenvalue weighted by Gasteiger charge is 2.40. The number of rotatable bonds is 2. The second-order valence-electron chi connectivity index (χ2n) is 4.94. The molecule has 4 nitrogen and oxygen atoms in total. The van der Waals surface area contributed by atoms with E-state index < -0.39 is 0 Å². The van der Waals surface area contributed by atoms with Crippen molar-refractivity contribution in [2.75, 3.05) is 26.2 Å². The summed E-state index contributed by atoms with van der Waals surface area (Å²) < 4.78 is 5.25. The molecule has 0 aromatic carbocycles. The molecule has 2 saturated heterocycles. The lowest BCUT2D eigenvalue weighted by Crippen LogP contribution is -2.39. The van der Waals surface area contributed by atoms with Crippen LogP contribution in [-0.2, 0) is 4.74 Å². The number of carbonyl (C=O) groups is 1. The maximum absolute atomic E-state index is 11.8. The van der Waals surface area contributed by atoms with Gasteiger partial charge in [0.25, 0.3) is 0 Å². The molecule has 4 heteroatoms. The van der Waals surface area contributed by atoms with E-state index in [4.69, 9.17) is 4.74 Å². The van der Waals surface area contributed by atoms with Gasteiger partial charge in [-0.25, -0.2) is 4.79 Å². The minimum absolute atomic E-state index is 0.125. The van der Waals surface area contributed by atoms with Crippen molar-refractivity contribution in [1.29, 1.82) is 0 Å². The molecule has 86 valence electrons. The first-order valence-electron chi connectivity index (χ1n) is 5.82. The van der Waals surface area contributed by atoms with Gasteiger partial charge in [-0.05, 0) is 18.3 Å². The Kier molecular flexibility index (Phi) is 3.14. The van der Waals surface area contributed by atoms with Crippen LogP contribution in [0.1, 0.15) is 20.3 Å². The molecule has 0 saturated carbocycles. The summed E-state index contributed by atoms with van der Waals surface area (Å²) in [4.78, 5) is 13.7. The highest BCUT2D eigenvalue weighted by molar-refractivity contribution is 5.68. The van der Waals surface area contributed by atoms with E-state index in [1.807, 2.05) is 4.90 Å². The standard InChI is InChI=1S/C11H20N2O2/c1-8(2)7-15-11(14)13-4-3-9-5-12-6-10(9)13/h8-10,12H,3-7H2,1-2H3. The van der Waals surface area contributed by atoms with E-state index in [1.165, 1.54) is 0 Å². The molecule has 1 amide bonds. The Morgan fingerprint density at radius 2 is 2.33 bits per heavy atom. The molecular formula is C11H20N2O2. The SMILES string of the molecule is CC(C)COC(=O)N1CCC2CNCC21. The number of amides is 1. The van der Waals surface area contributed by atoms with Crippen molar-refractivity contribution >= 4 is 6.09 Å². The van der Waals surface area contributed by atoms with E-state index in [0.717, 1.165) is 26.1 Å². The van der Waals surface area contributed by atoms with Crippen LogP contribution >= 0.6 is 0 Å². The van der Waals surface area contributed by atoms with Crippen molar-refractivity contribution in [3.63, 3.8) is 0 Å². The molecule has 2 aliphatic rings. The predicted octanol–water partition coefficient (Wildman–Crippen LogP) is 1.07. The van der Waals surface area contributed by atoms with Crippen LogP contribution in [0.3, 0.4) is 0 Å². The molecule has 2 atom stereocenters. The molecule has 2 heterocycles. The van der Waals surface area contributed by atoms with Crippen LogP contribution in [-0.4, -0.2) is 43.3 Å². The van der Waals surface area contributed by atoms with Crippen molar-refractivity contribution in [2.45, 2.75) is 26.3 Å². The van der Waals surface area contributed by atoms with Crippen LogP contribution < -0.4 is 5.32 Å². The number of nitrogens with one attached hydrogen (secondary N) is 1. The summed E-state index contributed by atoms with van der Waals surface area (Å²) >= 11 is 0. The zero-order valence-electron chi connectivity index (χ0n) is 9.53. The molecule has 2 unspecified atom stereocenters. The Bertz CT molecular complexity index is 243. The lowest BCUT2D eigenvalue weighted by Gasteiger charge is -2.23. The molecule has 15 heavy (non-hydrogen) atoms. The lowest BCUT2D eigenvalue weighted by atomic mass is 10.1. The Hall–Kier alpha value is -0.770. The molecule has 0 bridgehead atoms. The average molecular weight is 212 g/mol. The molecule has 0 radical (unpaired) electrons. The zero-order valence-corrected chi connectivity index (χ0v) is 9.53. The normalized spacial score (nSPS) is 29.7. The van der Waals surface area contributed by atoms with Gasteiger partial charge < -0.3 is 15.0 Å². The van der Waals surface area contributed by atoms with E-state index in [1.54, 1.807) is 0 Å². The van der Waals surface area contributed by atoms with Gasteiger partial charge in [-0.15, -0.1) is 0 Å². The largest absolute Gasteiger partial charge is 0.449 e. The van der Waals surface area contributed by atoms with Crippen molar-refractivity contribution < 1.29 is 9.53 Å². The van der Waals surface area contributed by atoms with Crippen LogP contribution in [0.25, 0.3) is 0 Å². The average Bonchev–Trinajstić information content (AvgIpc) is 2.74. The number of hydrogen-bond donors (Lipinski definition) is 1. The lowest BCUT2D eigenvalue weighted by molar-refractivity contribution is 0.0883. The first-order valence-corrected chi connectivity index (χ1v) is 5.82. The first kappa shape index (κ1) is 10.7. The fourth-order valence-electron chi connectivity index (χ4n) is 2.40. The van der Waals surface area contributed by atoms with Gasteiger partial charge in [0.1, 0.15) is 0 Å². The maximum Gasteiger partial charge on any atom is 0.410 e. The van der Waals surface area contributed by atoms with Gasteiger partial charge in [0.15, 0.2) is 0 Å². The third-order valence-electron chi connectivity index (χ3n) is 3.22. The minimum Gasteiger partial charge on any atom is -0.449 e. The van der Waals surface area contributed by atoms with Crippen LogP contribution in [0.15, 0.2) is 0 Å². The summed E-state index contributed by atoms with van der Waals surface area (Å²) in [6, 6.07) is 0.379. The summed E-state index contributed by atoms with van der Waals surface area (Å²) in [6.45, 7) is 7.49. The molecule has 1 N–H and O–H groups in total. The molecule has 0 spiro atoms. The first-order chi connectivity index (χ1) is 7.18. The molecule has 0 aromatic heterocycles. The van der Waals surface area contributed by atoms with E-state index in [0.29, 0.717) is 24.5 Å². The second kappa shape index (κ2) is 4.39. The third-order valence-corrected chi connectivity index (χ3v) is 3.22. The molecule has 2 fully saturated rings.